The number of alkyl halides is 1. The number of rotatable bonds is 5. The van der Waals surface area contributed by atoms with E-state index in [9.17, 15) is 21.6 Å². The summed E-state index contributed by atoms with van der Waals surface area (Å²) in [6.45, 7) is 1.34. The first-order valence-electron chi connectivity index (χ1n) is 8.01. The Balaban J connectivity index is 2.33. The monoisotopic (exact) mass is 414 g/mol. The first kappa shape index (κ1) is 19.9. The average molecular weight is 414 g/mol. The Labute approximate surface area is 158 Å². The zero-order valence-electron chi connectivity index (χ0n) is 15.2. The van der Waals surface area contributed by atoms with Crippen LogP contribution in [0.1, 0.15) is 13.8 Å². The van der Waals surface area contributed by atoms with Gasteiger partial charge in [-0.3, -0.25) is 4.40 Å². The fourth-order valence-electron chi connectivity index (χ4n) is 2.58. The van der Waals surface area contributed by atoms with Gasteiger partial charge in [-0.1, -0.05) is 0 Å². The van der Waals surface area contributed by atoms with Crippen LogP contribution in [-0.4, -0.2) is 41.3 Å². The number of anilines is 1. The molecule has 2 N–H and O–H groups in total. The van der Waals surface area contributed by atoms with Gasteiger partial charge in [0.15, 0.2) is 21.5 Å². The van der Waals surface area contributed by atoms with Gasteiger partial charge in [0.1, 0.15) is 23.0 Å². The minimum Gasteiger partial charge on any atom is -0.495 e. The summed E-state index contributed by atoms with van der Waals surface area (Å²) in [6.07, 6.45) is 2.36. The van der Waals surface area contributed by atoms with Crippen LogP contribution in [0, 0.1) is 11.8 Å². The average Bonchev–Trinajstić information content (AvgIpc) is 3.06. The molecular weight excluding hydrogens is 397 g/mol. The summed E-state index contributed by atoms with van der Waals surface area (Å²) in [4.78, 5) is 7.05. The van der Waals surface area contributed by atoms with E-state index in [1.54, 1.807) is 0 Å². The van der Waals surface area contributed by atoms with Gasteiger partial charge in [-0.15, -0.1) is 0 Å². The standard InChI is InChI=1S/C17H17F3N4O3S/c1-17(2,8-18)28(25,26)13-7-24-11(6-22-14(24)5-12(13)27-3)9-4-10(19)16(21)23-15(9)20/h4-7H,8H2,1-3H3,(H2,21,23). The van der Waals surface area contributed by atoms with Crippen LogP contribution >= 0.6 is 0 Å². The van der Waals surface area contributed by atoms with Gasteiger partial charge in [-0.05, 0) is 19.9 Å². The number of ether oxygens (including phenoxy) is 1. The molecule has 0 spiro atoms. The maximum absolute atomic E-state index is 14.3. The largest absolute Gasteiger partial charge is 0.495 e. The third-order valence-corrected chi connectivity index (χ3v) is 6.82. The first-order valence-corrected chi connectivity index (χ1v) is 9.49. The van der Waals surface area contributed by atoms with Crippen molar-refractivity contribution in [2.75, 3.05) is 19.5 Å². The van der Waals surface area contributed by atoms with E-state index in [1.807, 2.05) is 0 Å². The van der Waals surface area contributed by atoms with E-state index in [2.05, 4.69) is 9.97 Å². The second-order valence-electron chi connectivity index (χ2n) is 6.67. The quantitative estimate of drug-likeness (QED) is 0.645. The third kappa shape index (κ3) is 2.95. The van der Waals surface area contributed by atoms with E-state index in [0.717, 1.165) is 12.3 Å². The number of hydrogen-bond acceptors (Lipinski definition) is 6. The molecule has 3 aromatic rings. The molecule has 0 aliphatic carbocycles. The molecule has 3 rings (SSSR count). The zero-order chi connectivity index (χ0) is 20.9. The van der Waals surface area contributed by atoms with Crippen LogP contribution in [-0.2, 0) is 9.84 Å². The molecule has 0 fully saturated rings. The number of hydrogen-bond donors (Lipinski definition) is 1. The Hall–Kier alpha value is -2.82. The van der Waals surface area contributed by atoms with Gasteiger partial charge in [0.05, 0.1) is 29.3 Å². The molecule has 0 bridgehead atoms. The molecule has 0 aliphatic heterocycles. The van der Waals surface area contributed by atoms with Crippen LogP contribution in [0.3, 0.4) is 0 Å². The molecule has 150 valence electrons. The van der Waals surface area contributed by atoms with Crippen molar-refractivity contribution >= 4 is 21.3 Å². The summed E-state index contributed by atoms with van der Waals surface area (Å²) >= 11 is 0. The van der Waals surface area contributed by atoms with Crippen LogP contribution in [0.4, 0.5) is 19.0 Å². The number of methoxy groups -OCH3 is 1. The van der Waals surface area contributed by atoms with Crippen molar-refractivity contribution in [3.8, 4) is 17.0 Å². The SMILES string of the molecule is COc1cc2ncc(-c3cc(F)c(N)nc3F)n2cc1S(=O)(=O)C(C)(C)CF. The van der Waals surface area contributed by atoms with Crippen LogP contribution < -0.4 is 10.5 Å². The molecule has 7 nitrogen and oxygen atoms in total. The lowest BCUT2D eigenvalue weighted by molar-refractivity contribution is 0.392. The smallest absolute Gasteiger partial charge is 0.224 e. The molecule has 0 saturated carbocycles. The predicted octanol–water partition coefficient (Wildman–Crippen LogP) is 2.79. The normalized spacial score (nSPS) is 12.5. The summed E-state index contributed by atoms with van der Waals surface area (Å²) in [7, 11) is -2.92. The van der Waals surface area contributed by atoms with Gasteiger partial charge in [-0.25, -0.2) is 22.2 Å². The molecule has 28 heavy (non-hydrogen) atoms. The van der Waals surface area contributed by atoms with Crippen molar-refractivity contribution in [2.24, 2.45) is 0 Å². The van der Waals surface area contributed by atoms with E-state index in [4.69, 9.17) is 10.5 Å². The summed E-state index contributed by atoms with van der Waals surface area (Å²) in [5.41, 5.74) is 5.24. The van der Waals surface area contributed by atoms with Gasteiger partial charge in [0, 0.05) is 12.3 Å². The molecule has 11 heteroatoms. The fourth-order valence-corrected chi connectivity index (χ4v) is 3.97. The van der Waals surface area contributed by atoms with Gasteiger partial charge in [0.25, 0.3) is 0 Å². The zero-order valence-corrected chi connectivity index (χ0v) is 16.0. The van der Waals surface area contributed by atoms with Crippen LogP contribution in [0.25, 0.3) is 16.9 Å². The second-order valence-corrected chi connectivity index (χ2v) is 9.22. The molecule has 0 aromatic carbocycles. The fraction of sp³-hybridized carbons (Fsp3) is 0.294. The Bertz CT molecular complexity index is 1180. The number of aromatic nitrogens is 3. The van der Waals surface area contributed by atoms with Gasteiger partial charge < -0.3 is 10.5 Å². The molecule has 0 unspecified atom stereocenters. The van der Waals surface area contributed by atoms with Gasteiger partial charge in [-0.2, -0.15) is 9.37 Å². The number of nitrogen functional groups attached to an aromatic ring is 1. The molecule has 0 atom stereocenters. The lowest BCUT2D eigenvalue weighted by Crippen LogP contribution is -2.34. The molecule has 0 aliphatic rings. The van der Waals surface area contributed by atoms with Crippen LogP contribution in [0.2, 0.25) is 0 Å². The molecule has 0 radical (unpaired) electrons. The van der Waals surface area contributed by atoms with E-state index < -0.39 is 38.8 Å². The summed E-state index contributed by atoms with van der Waals surface area (Å²) < 4.78 is 71.9. The van der Waals surface area contributed by atoms with E-state index in [-0.39, 0.29) is 27.5 Å². The van der Waals surface area contributed by atoms with Crippen molar-refractivity contribution in [3.05, 3.63) is 36.3 Å². The number of halogens is 3. The lowest BCUT2D eigenvalue weighted by Gasteiger charge is -2.22. The van der Waals surface area contributed by atoms with E-state index >= 15 is 0 Å². The maximum atomic E-state index is 14.3. The molecule has 3 heterocycles. The number of nitrogens with two attached hydrogens (primary N) is 1. The highest BCUT2D eigenvalue weighted by Crippen LogP contribution is 2.35. The Morgan fingerprint density at radius 2 is 1.96 bits per heavy atom. The Morgan fingerprint density at radius 3 is 2.57 bits per heavy atom. The molecule has 3 aromatic heterocycles. The van der Waals surface area contributed by atoms with Crippen molar-refractivity contribution in [2.45, 2.75) is 23.5 Å². The van der Waals surface area contributed by atoms with Gasteiger partial charge >= 0.3 is 0 Å². The highest BCUT2D eigenvalue weighted by molar-refractivity contribution is 7.93. The highest BCUT2D eigenvalue weighted by atomic mass is 32.2. The summed E-state index contributed by atoms with van der Waals surface area (Å²) in [6, 6.07) is 2.15. The van der Waals surface area contributed by atoms with Crippen molar-refractivity contribution in [3.63, 3.8) is 0 Å². The lowest BCUT2D eigenvalue weighted by atomic mass is 10.2. The Kier molecular flexibility index (Phi) is 4.74. The predicted molar refractivity (Wildman–Crippen MR) is 96.5 cm³/mol. The molecular formula is C17H17F3N4O3S. The first-order chi connectivity index (χ1) is 13.0. The summed E-state index contributed by atoms with van der Waals surface area (Å²) in [5.74, 6) is -2.64. The van der Waals surface area contributed by atoms with E-state index in [0.29, 0.717) is 0 Å². The number of imidazole rings is 1. The summed E-state index contributed by atoms with van der Waals surface area (Å²) in [5, 5.41) is 0. The second kappa shape index (κ2) is 6.66. The van der Waals surface area contributed by atoms with E-state index in [1.165, 1.54) is 37.6 Å². The number of nitrogens with zero attached hydrogens (tertiary/aromatic N) is 3. The van der Waals surface area contributed by atoms with Crippen LogP contribution in [0.5, 0.6) is 5.75 Å². The molecule has 0 saturated heterocycles. The van der Waals surface area contributed by atoms with Crippen molar-refractivity contribution in [1.82, 2.24) is 14.4 Å². The van der Waals surface area contributed by atoms with Crippen molar-refractivity contribution in [1.29, 1.82) is 0 Å². The Morgan fingerprint density at radius 1 is 1.29 bits per heavy atom. The minimum atomic E-state index is -4.18. The highest BCUT2D eigenvalue weighted by Gasteiger charge is 2.38. The topological polar surface area (TPSA) is 99.6 Å². The minimum absolute atomic E-state index is 0.0380. The maximum Gasteiger partial charge on any atom is 0.224 e. The van der Waals surface area contributed by atoms with Crippen LogP contribution in [0.15, 0.2) is 29.4 Å². The van der Waals surface area contributed by atoms with Crippen molar-refractivity contribution < 1.29 is 26.3 Å². The number of sulfone groups is 1. The third-order valence-electron chi connectivity index (χ3n) is 4.37. The molecule has 0 amide bonds. The number of pyridine rings is 2. The number of fused-ring (bicyclic) bond motifs is 1. The van der Waals surface area contributed by atoms with Gasteiger partial charge in [0.2, 0.25) is 5.95 Å².